The van der Waals surface area contributed by atoms with Gasteiger partial charge < -0.3 is 16.4 Å². The number of aliphatic hydroxyl groups excluding tert-OH is 1. The molecule has 18 heavy (non-hydrogen) atoms. The molecule has 98 valence electrons. The van der Waals surface area contributed by atoms with Crippen LogP contribution in [0, 0.1) is 0 Å². The fourth-order valence-electron chi connectivity index (χ4n) is 1.36. The predicted octanol–water partition coefficient (Wildman–Crippen LogP) is 3.17. The van der Waals surface area contributed by atoms with Crippen LogP contribution in [0.3, 0.4) is 0 Å². The third-order valence-electron chi connectivity index (χ3n) is 2.22. The molecule has 0 unspecified atom stereocenters. The second-order valence-corrected chi connectivity index (χ2v) is 3.65. The van der Waals surface area contributed by atoms with E-state index in [0.29, 0.717) is 5.75 Å². The van der Waals surface area contributed by atoms with Gasteiger partial charge in [0.05, 0.1) is 0 Å². The minimum atomic E-state index is 0. The summed E-state index contributed by atoms with van der Waals surface area (Å²) >= 11 is 0. The topological polar surface area (TPSA) is 75.5 Å². The number of para-hydroxylation sites is 1. The van der Waals surface area contributed by atoms with Gasteiger partial charge in [-0.15, -0.1) is 0 Å². The van der Waals surface area contributed by atoms with E-state index in [2.05, 4.69) is 12.1 Å². The molecule has 0 radical (unpaired) electrons. The van der Waals surface area contributed by atoms with Crippen molar-refractivity contribution in [2.45, 2.75) is 12.8 Å². The Balaban J connectivity index is 0.000000321. The van der Waals surface area contributed by atoms with Crippen LogP contribution in [-0.4, -0.2) is 16.8 Å². The molecule has 2 aromatic carbocycles. The summed E-state index contributed by atoms with van der Waals surface area (Å²) in [5, 5.41) is 17.2. The van der Waals surface area contributed by atoms with Crippen LogP contribution in [0.2, 0.25) is 0 Å². The third kappa shape index (κ3) is 7.44. The Morgan fingerprint density at radius 3 is 1.67 bits per heavy atom. The number of phenols is 1. The van der Waals surface area contributed by atoms with E-state index < -0.39 is 0 Å². The predicted molar refractivity (Wildman–Crippen MR) is 75.0 cm³/mol. The van der Waals surface area contributed by atoms with Gasteiger partial charge in [-0.1, -0.05) is 48.5 Å². The lowest BCUT2D eigenvalue weighted by atomic mass is 10.1. The van der Waals surface area contributed by atoms with Gasteiger partial charge in [-0.3, -0.25) is 0 Å². The normalized spacial score (nSPS) is 8.72. The van der Waals surface area contributed by atoms with E-state index in [1.807, 2.05) is 24.3 Å². The Kier molecular flexibility index (Phi) is 9.27. The molecule has 0 aliphatic heterocycles. The van der Waals surface area contributed by atoms with Crippen LogP contribution in [0.1, 0.15) is 12.0 Å². The SMILES string of the molecule is N.OCCCc1ccccc1.Oc1ccccc1. The second-order valence-electron chi connectivity index (χ2n) is 3.65. The Labute approximate surface area is 108 Å². The third-order valence-corrected chi connectivity index (χ3v) is 2.22. The van der Waals surface area contributed by atoms with Crippen LogP contribution in [0.25, 0.3) is 0 Å². The second kappa shape index (κ2) is 10.3. The summed E-state index contributed by atoms with van der Waals surface area (Å²) in [6.07, 6.45) is 1.85. The minimum Gasteiger partial charge on any atom is -0.508 e. The molecular formula is C15H21NO2. The molecule has 2 rings (SSSR count). The fourth-order valence-corrected chi connectivity index (χ4v) is 1.36. The number of hydrogen-bond acceptors (Lipinski definition) is 3. The van der Waals surface area contributed by atoms with Gasteiger partial charge in [-0.2, -0.15) is 0 Å². The largest absolute Gasteiger partial charge is 0.508 e. The van der Waals surface area contributed by atoms with Gasteiger partial charge in [0, 0.05) is 6.61 Å². The van der Waals surface area contributed by atoms with E-state index in [1.54, 1.807) is 24.3 Å². The van der Waals surface area contributed by atoms with Crippen molar-refractivity contribution in [3.63, 3.8) is 0 Å². The lowest BCUT2D eigenvalue weighted by Gasteiger charge is -1.96. The van der Waals surface area contributed by atoms with E-state index in [1.165, 1.54) is 5.56 Å². The number of aromatic hydroxyl groups is 1. The van der Waals surface area contributed by atoms with Gasteiger partial charge in [0.1, 0.15) is 5.75 Å². The summed E-state index contributed by atoms with van der Waals surface area (Å²) in [4.78, 5) is 0. The maximum atomic E-state index is 8.63. The van der Waals surface area contributed by atoms with E-state index >= 15 is 0 Å². The van der Waals surface area contributed by atoms with E-state index in [0.717, 1.165) is 12.8 Å². The van der Waals surface area contributed by atoms with Crippen molar-refractivity contribution in [3.8, 4) is 5.75 Å². The summed E-state index contributed by atoms with van der Waals surface area (Å²) in [7, 11) is 0. The van der Waals surface area contributed by atoms with Gasteiger partial charge in [0.15, 0.2) is 0 Å². The highest BCUT2D eigenvalue weighted by Gasteiger charge is 1.88. The van der Waals surface area contributed by atoms with Crippen molar-refractivity contribution < 1.29 is 10.2 Å². The molecule has 2 aromatic rings. The first-order valence-corrected chi connectivity index (χ1v) is 5.71. The van der Waals surface area contributed by atoms with Gasteiger partial charge in [0.25, 0.3) is 0 Å². The molecule has 0 atom stereocenters. The first kappa shape index (κ1) is 16.2. The van der Waals surface area contributed by atoms with Gasteiger partial charge in [-0.25, -0.2) is 0 Å². The Hall–Kier alpha value is -1.84. The molecule has 0 amide bonds. The highest BCUT2D eigenvalue weighted by molar-refractivity contribution is 5.18. The average Bonchev–Trinajstić information content (AvgIpc) is 2.39. The van der Waals surface area contributed by atoms with Gasteiger partial charge >= 0.3 is 0 Å². The average molecular weight is 247 g/mol. The zero-order valence-electron chi connectivity index (χ0n) is 10.5. The summed E-state index contributed by atoms with van der Waals surface area (Å²) in [5.41, 5.74) is 1.30. The Bertz CT molecular complexity index is 390. The molecule has 0 bridgehead atoms. The van der Waals surface area contributed by atoms with Crippen LogP contribution < -0.4 is 6.15 Å². The number of aliphatic hydroxyl groups is 1. The molecule has 3 heteroatoms. The fraction of sp³-hybridized carbons (Fsp3) is 0.200. The number of hydrogen-bond donors (Lipinski definition) is 3. The zero-order valence-corrected chi connectivity index (χ0v) is 10.5. The van der Waals surface area contributed by atoms with Crippen molar-refractivity contribution in [2.75, 3.05) is 6.61 Å². The van der Waals surface area contributed by atoms with Crippen molar-refractivity contribution >= 4 is 0 Å². The van der Waals surface area contributed by atoms with Gasteiger partial charge in [-0.05, 0) is 30.5 Å². The van der Waals surface area contributed by atoms with Crippen molar-refractivity contribution in [2.24, 2.45) is 0 Å². The smallest absolute Gasteiger partial charge is 0.115 e. The van der Waals surface area contributed by atoms with Crippen LogP contribution in [-0.2, 0) is 6.42 Å². The Morgan fingerprint density at radius 1 is 0.778 bits per heavy atom. The maximum Gasteiger partial charge on any atom is 0.115 e. The van der Waals surface area contributed by atoms with E-state index in [9.17, 15) is 0 Å². The van der Waals surface area contributed by atoms with Crippen LogP contribution in [0.4, 0.5) is 0 Å². The lowest BCUT2D eigenvalue weighted by molar-refractivity contribution is 0.288. The molecule has 0 fully saturated rings. The number of benzene rings is 2. The van der Waals surface area contributed by atoms with Crippen LogP contribution in [0.15, 0.2) is 60.7 Å². The summed E-state index contributed by atoms with van der Waals surface area (Å²) in [5.74, 6) is 0.322. The Morgan fingerprint density at radius 2 is 1.28 bits per heavy atom. The molecule has 0 aromatic heterocycles. The van der Waals surface area contributed by atoms with Crippen molar-refractivity contribution in [3.05, 3.63) is 66.2 Å². The summed E-state index contributed by atoms with van der Waals surface area (Å²) in [6, 6.07) is 18.9. The molecule has 0 aliphatic rings. The monoisotopic (exact) mass is 247 g/mol. The summed E-state index contributed by atoms with van der Waals surface area (Å²) < 4.78 is 0. The molecule has 0 aliphatic carbocycles. The molecule has 5 N–H and O–H groups in total. The van der Waals surface area contributed by atoms with E-state index in [-0.39, 0.29) is 12.8 Å². The quantitative estimate of drug-likeness (QED) is 0.779. The first-order chi connectivity index (χ1) is 8.33. The number of aryl methyl sites for hydroxylation is 1. The van der Waals surface area contributed by atoms with Gasteiger partial charge in [0.2, 0.25) is 0 Å². The highest BCUT2D eigenvalue weighted by atomic mass is 16.3. The van der Waals surface area contributed by atoms with Crippen LogP contribution >= 0.6 is 0 Å². The van der Waals surface area contributed by atoms with Crippen LogP contribution in [0.5, 0.6) is 5.75 Å². The lowest BCUT2D eigenvalue weighted by Crippen LogP contribution is -1.87. The summed E-state index contributed by atoms with van der Waals surface area (Å²) in [6.45, 7) is 0.287. The molecule has 0 saturated carbocycles. The van der Waals surface area contributed by atoms with E-state index in [4.69, 9.17) is 10.2 Å². The minimum absolute atomic E-state index is 0. The molecular weight excluding hydrogens is 226 g/mol. The maximum absolute atomic E-state index is 8.63. The molecule has 0 spiro atoms. The molecule has 3 nitrogen and oxygen atoms in total. The molecule has 0 heterocycles. The molecule has 0 saturated heterocycles. The van der Waals surface area contributed by atoms with Crippen molar-refractivity contribution in [1.29, 1.82) is 0 Å². The standard InChI is InChI=1S/C9H12O.C6H6O.H3N/c10-8-4-7-9-5-2-1-3-6-9;7-6-4-2-1-3-5-6;/h1-3,5-6,10H,4,7-8H2;1-5,7H;1H3. The van der Waals surface area contributed by atoms with Crippen molar-refractivity contribution in [1.82, 2.24) is 6.15 Å². The zero-order chi connectivity index (χ0) is 12.3. The number of phenolic OH excluding ortho intramolecular Hbond substituents is 1. The number of rotatable bonds is 3. The highest BCUT2D eigenvalue weighted by Crippen LogP contribution is 2.03. The first-order valence-electron chi connectivity index (χ1n) is 5.71.